The van der Waals surface area contributed by atoms with Crippen molar-refractivity contribution in [2.24, 2.45) is 11.8 Å². The van der Waals surface area contributed by atoms with Gasteiger partial charge in [-0.3, -0.25) is 9.59 Å². The summed E-state index contributed by atoms with van der Waals surface area (Å²) in [6.45, 7) is 12.3. The van der Waals surface area contributed by atoms with Gasteiger partial charge >= 0.3 is 18.0 Å². The van der Waals surface area contributed by atoms with E-state index in [9.17, 15) is 14.4 Å². The average Bonchev–Trinajstić information content (AvgIpc) is 3.55. The Morgan fingerprint density at radius 1 is 1.02 bits per heavy atom. The highest BCUT2D eigenvalue weighted by Crippen LogP contribution is 2.56. The van der Waals surface area contributed by atoms with Crippen molar-refractivity contribution >= 4 is 23.7 Å². The number of rotatable bonds is 6. The molecule has 216 valence electrons. The first kappa shape index (κ1) is 27.9. The minimum Gasteiger partial charge on any atom is -0.508 e. The molecule has 3 aliphatic rings. The van der Waals surface area contributed by atoms with Crippen molar-refractivity contribution in [1.82, 2.24) is 5.32 Å². The van der Waals surface area contributed by atoms with E-state index in [1.54, 1.807) is 45.0 Å². The second kappa shape index (κ2) is 10.7. The highest BCUT2D eigenvalue weighted by Gasteiger charge is 2.54. The number of ether oxygens (including phenoxy) is 7. The van der Waals surface area contributed by atoms with E-state index in [2.05, 4.69) is 10.2 Å². The van der Waals surface area contributed by atoms with Crippen LogP contribution in [0.15, 0.2) is 24.3 Å². The van der Waals surface area contributed by atoms with Gasteiger partial charge in [0.1, 0.15) is 29.7 Å². The van der Waals surface area contributed by atoms with Crippen LogP contribution in [0.4, 0.5) is 10.5 Å². The molecule has 2 aliphatic heterocycles. The number of esters is 2. The standard InChI is InChI=1S/C29H30N2O10/c1-29(2,3)41-28(34)31-11-22(32)40-26-16-10-19-18(38-13-39-19)9-15(16)23(24-17(26)12-37-27(24)33)14-7-20(35-5)25(30-4)21(8-14)36-6/h7-10,17,23-24,26H,11-13H2,1-3,5-6H3,(H,31,34)/t17-,23+,24-,26-/m1/s1. The Balaban J connectivity index is 1.56. The summed E-state index contributed by atoms with van der Waals surface area (Å²) in [5.74, 6) is -1.51. The maximum atomic E-state index is 13.2. The van der Waals surface area contributed by atoms with Crippen LogP contribution in [-0.2, 0) is 23.8 Å². The van der Waals surface area contributed by atoms with Crippen LogP contribution in [0.3, 0.4) is 0 Å². The largest absolute Gasteiger partial charge is 0.508 e. The topological polar surface area (TPSA) is 132 Å². The van der Waals surface area contributed by atoms with Gasteiger partial charge in [-0.2, -0.15) is 0 Å². The summed E-state index contributed by atoms with van der Waals surface area (Å²) >= 11 is 0. The van der Waals surface area contributed by atoms with E-state index in [1.807, 2.05) is 0 Å². The molecule has 0 bridgehead atoms. The third-order valence-electron chi connectivity index (χ3n) is 7.13. The number of nitrogens with one attached hydrogen (secondary N) is 1. The van der Waals surface area contributed by atoms with E-state index in [-0.39, 0.29) is 19.1 Å². The number of carbonyl (C=O) groups is 3. The first-order valence-electron chi connectivity index (χ1n) is 12.9. The summed E-state index contributed by atoms with van der Waals surface area (Å²) in [4.78, 5) is 41.8. The molecule has 0 saturated carbocycles. The molecule has 1 aliphatic carbocycles. The lowest BCUT2D eigenvalue weighted by atomic mass is 9.66. The summed E-state index contributed by atoms with van der Waals surface area (Å²) < 4.78 is 38.8. The summed E-state index contributed by atoms with van der Waals surface area (Å²) in [5.41, 5.74) is 1.39. The third kappa shape index (κ3) is 5.27. The van der Waals surface area contributed by atoms with Crippen LogP contribution in [0.1, 0.15) is 49.5 Å². The smallest absolute Gasteiger partial charge is 0.408 e. The van der Waals surface area contributed by atoms with Crippen molar-refractivity contribution in [3.8, 4) is 23.0 Å². The Kier molecular flexibility index (Phi) is 7.29. The molecule has 1 saturated heterocycles. The van der Waals surface area contributed by atoms with Gasteiger partial charge in [0.05, 0.1) is 33.3 Å². The highest BCUT2D eigenvalue weighted by molar-refractivity contribution is 5.81. The van der Waals surface area contributed by atoms with Gasteiger partial charge < -0.3 is 38.5 Å². The van der Waals surface area contributed by atoms with E-state index in [1.165, 1.54) is 14.2 Å². The molecule has 41 heavy (non-hydrogen) atoms. The zero-order valence-corrected chi connectivity index (χ0v) is 23.3. The zero-order valence-electron chi connectivity index (χ0n) is 23.3. The number of methoxy groups -OCH3 is 2. The third-order valence-corrected chi connectivity index (χ3v) is 7.13. The SMILES string of the molecule is [C-]#[N+]c1c(OC)cc([C@H]2c3cc4c(cc3[C@@H](OC(=O)CNC(=O)OC(C)(C)C)[C@@H]3COC(=O)[C@@H]23)OCO4)cc1OC. The minimum atomic E-state index is -0.883. The molecule has 1 fully saturated rings. The Hall–Kier alpha value is -4.66. The van der Waals surface area contributed by atoms with Crippen molar-refractivity contribution in [1.29, 1.82) is 0 Å². The van der Waals surface area contributed by atoms with Gasteiger partial charge in [-0.05, 0) is 56.2 Å². The monoisotopic (exact) mass is 566 g/mol. The number of cyclic esters (lactones) is 1. The summed E-state index contributed by atoms with van der Waals surface area (Å²) in [6.07, 6.45) is -1.64. The number of nitrogens with zero attached hydrogens (tertiary/aromatic N) is 1. The van der Waals surface area contributed by atoms with Gasteiger partial charge in [0.15, 0.2) is 11.5 Å². The van der Waals surface area contributed by atoms with Crippen LogP contribution in [0.5, 0.6) is 23.0 Å². The molecule has 4 atom stereocenters. The van der Waals surface area contributed by atoms with Crippen molar-refractivity contribution < 1.29 is 47.5 Å². The number of fused-ring (bicyclic) bond motifs is 3. The summed E-state index contributed by atoms with van der Waals surface area (Å²) in [5, 5.41) is 2.40. The second-order valence-corrected chi connectivity index (χ2v) is 10.8. The Bertz CT molecular complexity index is 1420. The van der Waals surface area contributed by atoms with E-state index < -0.39 is 54.0 Å². The molecule has 1 amide bonds. The fraction of sp³-hybridized carbons (Fsp3) is 0.448. The van der Waals surface area contributed by atoms with Crippen LogP contribution in [0.25, 0.3) is 4.85 Å². The van der Waals surface area contributed by atoms with Gasteiger partial charge in [-0.1, -0.05) is 0 Å². The molecule has 2 aromatic rings. The van der Waals surface area contributed by atoms with Crippen molar-refractivity contribution in [2.75, 3.05) is 34.2 Å². The lowest BCUT2D eigenvalue weighted by molar-refractivity contribution is -0.153. The van der Waals surface area contributed by atoms with Gasteiger partial charge in [-0.15, -0.1) is 0 Å². The maximum absolute atomic E-state index is 13.2. The van der Waals surface area contributed by atoms with Gasteiger partial charge in [-0.25, -0.2) is 9.64 Å². The van der Waals surface area contributed by atoms with Gasteiger partial charge in [0, 0.05) is 17.4 Å². The minimum absolute atomic E-state index is 0.0136. The van der Waals surface area contributed by atoms with Crippen molar-refractivity contribution in [3.63, 3.8) is 0 Å². The predicted molar refractivity (Wildman–Crippen MR) is 141 cm³/mol. The lowest BCUT2D eigenvalue weighted by Crippen LogP contribution is -2.39. The normalized spacial score (nSPS) is 22.0. The summed E-state index contributed by atoms with van der Waals surface area (Å²) in [6, 6.07) is 6.92. The molecular formula is C29H30N2O10. The second-order valence-electron chi connectivity index (χ2n) is 10.8. The molecule has 0 radical (unpaired) electrons. The molecule has 0 aromatic heterocycles. The maximum Gasteiger partial charge on any atom is 0.408 e. The van der Waals surface area contributed by atoms with Crippen LogP contribution in [0.2, 0.25) is 0 Å². The molecule has 2 aromatic carbocycles. The van der Waals surface area contributed by atoms with Gasteiger partial charge in [0.25, 0.3) is 5.69 Å². The predicted octanol–water partition coefficient (Wildman–Crippen LogP) is 4.03. The fourth-order valence-corrected chi connectivity index (χ4v) is 5.51. The summed E-state index contributed by atoms with van der Waals surface area (Å²) in [7, 11) is 2.90. The van der Waals surface area contributed by atoms with E-state index in [0.29, 0.717) is 39.7 Å². The molecular weight excluding hydrogens is 536 g/mol. The molecule has 12 nitrogen and oxygen atoms in total. The number of benzene rings is 2. The van der Waals surface area contributed by atoms with Crippen LogP contribution < -0.4 is 24.3 Å². The molecule has 12 heteroatoms. The first-order chi connectivity index (χ1) is 19.5. The molecule has 2 heterocycles. The zero-order chi connectivity index (χ0) is 29.5. The van der Waals surface area contributed by atoms with E-state index >= 15 is 0 Å². The van der Waals surface area contributed by atoms with Gasteiger partial charge in [0.2, 0.25) is 6.79 Å². The number of carbonyl (C=O) groups excluding carboxylic acids is 3. The Labute approximate surface area is 236 Å². The molecule has 0 spiro atoms. The lowest BCUT2D eigenvalue weighted by Gasteiger charge is -2.38. The first-order valence-corrected chi connectivity index (χ1v) is 12.9. The molecule has 1 N–H and O–H groups in total. The van der Waals surface area contributed by atoms with Crippen LogP contribution >= 0.6 is 0 Å². The number of hydrogen-bond acceptors (Lipinski definition) is 10. The highest BCUT2D eigenvalue weighted by atomic mass is 16.7. The van der Waals surface area contributed by atoms with E-state index in [0.717, 1.165) is 0 Å². The number of amides is 1. The fourth-order valence-electron chi connectivity index (χ4n) is 5.51. The van der Waals surface area contributed by atoms with Crippen LogP contribution in [0, 0.1) is 18.4 Å². The average molecular weight is 567 g/mol. The van der Waals surface area contributed by atoms with Crippen molar-refractivity contribution in [2.45, 2.75) is 38.4 Å². The number of hydrogen-bond donors (Lipinski definition) is 1. The van der Waals surface area contributed by atoms with Crippen LogP contribution in [-0.4, -0.2) is 57.8 Å². The quantitative estimate of drug-likeness (QED) is 0.311. The molecule has 0 unspecified atom stereocenters. The number of alkyl carbamates (subject to hydrolysis) is 1. The van der Waals surface area contributed by atoms with Crippen molar-refractivity contribution in [3.05, 3.63) is 52.4 Å². The Morgan fingerprint density at radius 2 is 1.66 bits per heavy atom. The van der Waals surface area contributed by atoms with E-state index in [4.69, 9.17) is 39.7 Å². The Morgan fingerprint density at radius 3 is 2.24 bits per heavy atom. The molecule has 5 rings (SSSR count).